The minimum Gasteiger partial charge on any atom is -0.368 e. The average molecular weight is 393 g/mol. The molecule has 1 aromatic rings. The number of rotatable bonds is 3. The lowest BCUT2D eigenvalue weighted by Crippen LogP contribution is -2.52. The molecule has 2 heterocycles. The van der Waals surface area contributed by atoms with E-state index in [1.165, 1.54) is 10.4 Å². The Balaban J connectivity index is 1.69. The van der Waals surface area contributed by atoms with Gasteiger partial charge in [-0.3, -0.25) is 4.79 Å². The second kappa shape index (κ2) is 7.17. The topological polar surface area (TPSA) is 66.9 Å². The summed E-state index contributed by atoms with van der Waals surface area (Å²) in [5.74, 6) is -0.0506. The Bertz CT molecular complexity index is 727. The predicted molar refractivity (Wildman–Crippen MR) is 90.8 cm³/mol. The highest BCUT2D eigenvalue weighted by atomic mass is 35.5. The van der Waals surface area contributed by atoms with Gasteiger partial charge in [0.2, 0.25) is 10.0 Å². The molecule has 0 radical (unpaired) electrons. The smallest absolute Gasteiger partial charge is 0.251 e. The molecule has 2 aliphatic rings. The molecule has 0 unspecified atom stereocenters. The molecule has 2 fully saturated rings. The average Bonchev–Trinajstić information content (AvgIpc) is 3.11. The summed E-state index contributed by atoms with van der Waals surface area (Å²) in [5, 5.41) is 0.224. The lowest BCUT2D eigenvalue weighted by molar-refractivity contribution is -0.142. The van der Waals surface area contributed by atoms with E-state index in [1.807, 2.05) is 0 Å². The first-order valence-corrected chi connectivity index (χ1v) is 9.95. The van der Waals surface area contributed by atoms with Crippen LogP contribution in [0.2, 0.25) is 10.0 Å². The van der Waals surface area contributed by atoms with Gasteiger partial charge in [-0.25, -0.2) is 8.42 Å². The minimum atomic E-state index is -3.74. The van der Waals surface area contributed by atoms with E-state index >= 15 is 0 Å². The van der Waals surface area contributed by atoms with E-state index in [0.717, 1.165) is 12.8 Å². The summed E-state index contributed by atoms with van der Waals surface area (Å²) in [4.78, 5) is 14.0. The third-order valence-corrected chi connectivity index (χ3v) is 7.16. The van der Waals surface area contributed by atoms with Crippen LogP contribution in [0.15, 0.2) is 23.1 Å². The number of piperazine rings is 1. The maximum absolute atomic E-state index is 12.7. The Labute approximate surface area is 151 Å². The van der Waals surface area contributed by atoms with Crippen molar-refractivity contribution in [2.45, 2.75) is 23.8 Å². The van der Waals surface area contributed by atoms with E-state index in [2.05, 4.69) is 0 Å². The highest BCUT2D eigenvalue weighted by Gasteiger charge is 2.34. The Morgan fingerprint density at radius 1 is 1.17 bits per heavy atom. The lowest BCUT2D eigenvalue weighted by Gasteiger charge is -2.35. The minimum absolute atomic E-state index is 0.00410. The van der Waals surface area contributed by atoms with Gasteiger partial charge in [-0.2, -0.15) is 4.31 Å². The number of ether oxygens (including phenoxy) is 1. The zero-order valence-electron chi connectivity index (χ0n) is 13.0. The molecular formula is C15H18Cl2N2O4S. The summed E-state index contributed by atoms with van der Waals surface area (Å²) in [6.45, 7) is 1.75. The van der Waals surface area contributed by atoms with Crippen LogP contribution < -0.4 is 0 Å². The number of hydrogen-bond acceptors (Lipinski definition) is 4. The third-order valence-electron chi connectivity index (χ3n) is 4.29. The zero-order valence-corrected chi connectivity index (χ0v) is 15.3. The van der Waals surface area contributed by atoms with Gasteiger partial charge in [-0.05, 0) is 25.0 Å². The van der Waals surface area contributed by atoms with Gasteiger partial charge in [0, 0.05) is 32.8 Å². The van der Waals surface area contributed by atoms with Gasteiger partial charge in [0.1, 0.15) is 11.0 Å². The van der Waals surface area contributed by atoms with Crippen molar-refractivity contribution >= 4 is 39.1 Å². The van der Waals surface area contributed by atoms with Crippen molar-refractivity contribution in [3.63, 3.8) is 0 Å². The van der Waals surface area contributed by atoms with Gasteiger partial charge in [0.15, 0.2) is 0 Å². The van der Waals surface area contributed by atoms with Gasteiger partial charge >= 0.3 is 0 Å². The molecule has 24 heavy (non-hydrogen) atoms. The van der Waals surface area contributed by atoms with E-state index < -0.39 is 10.0 Å². The summed E-state index contributed by atoms with van der Waals surface area (Å²) in [5.41, 5.74) is 0. The highest BCUT2D eigenvalue weighted by Crippen LogP contribution is 2.31. The number of halogens is 2. The standard InChI is InChI=1S/C15H18Cl2N2O4S/c16-11-3-1-5-13(14(11)17)24(21,22)19-8-6-18(7-9-19)15(20)12-4-2-10-23-12/h1,3,5,12H,2,4,6-10H2/t12-/m1/s1. The predicted octanol–water partition coefficient (Wildman–Crippen LogP) is 2.01. The van der Waals surface area contributed by atoms with Crippen LogP contribution in [-0.2, 0) is 19.6 Å². The van der Waals surface area contributed by atoms with Crippen LogP contribution in [0.5, 0.6) is 0 Å². The third kappa shape index (κ3) is 3.41. The quantitative estimate of drug-likeness (QED) is 0.788. The van der Waals surface area contributed by atoms with Crippen molar-refractivity contribution in [2.24, 2.45) is 0 Å². The number of amides is 1. The molecule has 9 heteroatoms. The molecule has 1 aromatic carbocycles. The van der Waals surface area contributed by atoms with E-state index in [-0.39, 0.29) is 40.0 Å². The molecule has 132 valence electrons. The molecule has 0 aliphatic carbocycles. The fourth-order valence-electron chi connectivity index (χ4n) is 2.95. The second-order valence-electron chi connectivity index (χ2n) is 5.78. The van der Waals surface area contributed by atoms with E-state index in [0.29, 0.717) is 19.7 Å². The lowest BCUT2D eigenvalue weighted by atomic mass is 10.2. The first-order chi connectivity index (χ1) is 11.4. The van der Waals surface area contributed by atoms with Gasteiger partial charge < -0.3 is 9.64 Å². The molecule has 1 atom stereocenters. The summed E-state index contributed by atoms with van der Waals surface area (Å²) < 4.78 is 32.2. The van der Waals surface area contributed by atoms with Crippen LogP contribution in [-0.4, -0.2) is 62.4 Å². The Morgan fingerprint density at radius 2 is 1.88 bits per heavy atom. The maximum atomic E-state index is 12.7. The first kappa shape index (κ1) is 17.9. The molecule has 0 spiro atoms. The second-order valence-corrected chi connectivity index (χ2v) is 8.47. The molecule has 1 amide bonds. The number of sulfonamides is 1. The van der Waals surface area contributed by atoms with E-state index in [4.69, 9.17) is 27.9 Å². The number of benzene rings is 1. The van der Waals surface area contributed by atoms with Gasteiger partial charge in [0.25, 0.3) is 5.91 Å². The van der Waals surface area contributed by atoms with Crippen LogP contribution in [0.25, 0.3) is 0 Å². The molecule has 0 saturated carbocycles. The van der Waals surface area contributed by atoms with Crippen molar-refractivity contribution in [3.05, 3.63) is 28.2 Å². The Kier molecular flexibility index (Phi) is 5.36. The van der Waals surface area contributed by atoms with Crippen molar-refractivity contribution in [2.75, 3.05) is 32.8 Å². The SMILES string of the molecule is O=C([C@H]1CCCO1)N1CCN(S(=O)(=O)c2cccc(Cl)c2Cl)CC1. The fraction of sp³-hybridized carbons (Fsp3) is 0.533. The molecule has 2 saturated heterocycles. The molecule has 3 rings (SSSR count). The summed E-state index contributed by atoms with van der Waals surface area (Å²) in [6.07, 6.45) is 1.24. The van der Waals surface area contributed by atoms with E-state index in [1.54, 1.807) is 17.0 Å². The summed E-state index contributed by atoms with van der Waals surface area (Å²) >= 11 is 12.0. The normalized spacial score (nSPS) is 22.8. The molecular weight excluding hydrogens is 375 g/mol. The molecule has 6 nitrogen and oxygen atoms in total. The summed E-state index contributed by atoms with van der Waals surface area (Å²) in [6, 6.07) is 4.53. The first-order valence-electron chi connectivity index (χ1n) is 7.76. The van der Waals surface area contributed by atoms with Crippen LogP contribution in [0.4, 0.5) is 0 Å². The van der Waals surface area contributed by atoms with Gasteiger partial charge in [-0.15, -0.1) is 0 Å². The maximum Gasteiger partial charge on any atom is 0.251 e. The monoisotopic (exact) mass is 392 g/mol. The highest BCUT2D eigenvalue weighted by molar-refractivity contribution is 7.89. The molecule has 2 aliphatic heterocycles. The molecule has 0 aromatic heterocycles. The van der Waals surface area contributed by atoms with Gasteiger partial charge in [0.05, 0.1) is 10.0 Å². The van der Waals surface area contributed by atoms with Crippen LogP contribution in [0.1, 0.15) is 12.8 Å². The van der Waals surface area contributed by atoms with Crippen molar-refractivity contribution in [1.82, 2.24) is 9.21 Å². The van der Waals surface area contributed by atoms with Crippen molar-refractivity contribution in [1.29, 1.82) is 0 Å². The zero-order chi connectivity index (χ0) is 17.3. The fourth-order valence-corrected chi connectivity index (χ4v) is 5.11. The van der Waals surface area contributed by atoms with Gasteiger partial charge in [-0.1, -0.05) is 29.3 Å². The number of nitrogens with zero attached hydrogens (tertiary/aromatic N) is 2. The van der Waals surface area contributed by atoms with Crippen molar-refractivity contribution in [3.8, 4) is 0 Å². The summed E-state index contributed by atoms with van der Waals surface area (Å²) in [7, 11) is -3.74. The largest absolute Gasteiger partial charge is 0.368 e. The number of carbonyl (C=O) groups is 1. The Hall–Kier alpha value is -0.860. The van der Waals surface area contributed by atoms with E-state index in [9.17, 15) is 13.2 Å². The molecule has 0 N–H and O–H groups in total. The van der Waals surface area contributed by atoms with Crippen LogP contribution >= 0.6 is 23.2 Å². The molecule has 0 bridgehead atoms. The number of hydrogen-bond donors (Lipinski definition) is 0. The van der Waals surface area contributed by atoms with Crippen LogP contribution in [0.3, 0.4) is 0 Å². The van der Waals surface area contributed by atoms with Crippen molar-refractivity contribution < 1.29 is 17.9 Å². The van der Waals surface area contributed by atoms with Crippen LogP contribution in [0, 0.1) is 0 Å². The Morgan fingerprint density at radius 3 is 2.50 bits per heavy atom. The number of carbonyl (C=O) groups excluding carboxylic acids is 1.